The molecule has 4 heterocycles. The van der Waals surface area contributed by atoms with Crippen LogP contribution in [0.3, 0.4) is 0 Å². The Morgan fingerprint density at radius 2 is 1.61 bits per heavy atom. The molecule has 1 aliphatic heterocycles. The Balaban J connectivity index is 0.00000259. The molecule has 4 aromatic rings. The van der Waals surface area contributed by atoms with Crippen molar-refractivity contribution >= 4 is 17.1 Å². The molecule has 0 bridgehead atoms. The van der Waals surface area contributed by atoms with Crippen LogP contribution in [0.1, 0.15) is 22.5 Å². The standard InChI is InChI=1S/C26H22FN5.H3N/c1-17-11-20(5-9-29-17)22-4-3-19(13-23(22)27)16-32-25-7-8-28-14-24(25)31-15-26(32)21-6-10-30-18(2)12-21;/h3-15,31H,16H2,1-2H3;1H3. The van der Waals surface area contributed by atoms with Crippen LogP contribution < -0.4 is 16.4 Å². The van der Waals surface area contributed by atoms with Gasteiger partial charge in [-0.15, -0.1) is 0 Å². The van der Waals surface area contributed by atoms with Crippen LogP contribution in [0.25, 0.3) is 16.8 Å². The van der Waals surface area contributed by atoms with E-state index in [0.29, 0.717) is 12.1 Å². The molecular weight excluding hydrogens is 415 g/mol. The normalized spacial score (nSPS) is 12.3. The second-order valence-corrected chi connectivity index (χ2v) is 7.84. The summed E-state index contributed by atoms with van der Waals surface area (Å²) in [5.74, 6) is -0.247. The van der Waals surface area contributed by atoms with Crippen molar-refractivity contribution in [3.05, 3.63) is 108 Å². The van der Waals surface area contributed by atoms with Gasteiger partial charge < -0.3 is 16.4 Å². The number of anilines is 2. The molecule has 1 aliphatic rings. The maximum Gasteiger partial charge on any atom is 0.131 e. The Bertz CT molecular complexity index is 1330. The number of benzene rings is 1. The van der Waals surface area contributed by atoms with Crippen LogP contribution in [0.15, 0.2) is 79.5 Å². The van der Waals surface area contributed by atoms with E-state index >= 15 is 4.39 Å². The van der Waals surface area contributed by atoms with Crippen molar-refractivity contribution in [1.82, 2.24) is 21.1 Å². The number of rotatable bonds is 4. The van der Waals surface area contributed by atoms with Gasteiger partial charge in [0.25, 0.3) is 0 Å². The highest BCUT2D eigenvalue weighted by Crippen LogP contribution is 2.37. The third kappa shape index (κ3) is 4.44. The fourth-order valence-electron chi connectivity index (χ4n) is 3.99. The van der Waals surface area contributed by atoms with Crippen molar-refractivity contribution in [2.45, 2.75) is 20.4 Å². The van der Waals surface area contributed by atoms with Gasteiger partial charge in [0.1, 0.15) is 5.82 Å². The average molecular weight is 441 g/mol. The molecule has 1 aromatic carbocycles. The summed E-state index contributed by atoms with van der Waals surface area (Å²) in [5, 5.41) is 3.33. The predicted octanol–water partition coefficient (Wildman–Crippen LogP) is 5.89. The van der Waals surface area contributed by atoms with E-state index in [1.54, 1.807) is 30.9 Å². The third-order valence-electron chi connectivity index (χ3n) is 5.52. The van der Waals surface area contributed by atoms with Crippen molar-refractivity contribution in [3.63, 3.8) is 0 Å². The zero-order chi connectivity index (χ0) is 22.1. The number of hydrogen-bond donors (Lipinski definition) is 2. The first-order valence-electron chi connectivity index (χ1n) is 10.4. The van der Waals surface area contributed by atoms with Gasteiger partial charge in [-0.05, 0) is 61.4 Å². The number of nitrogens with zero attached hydrogens (tertiary/aromatic N) is 4. The molecule has 0 aliphatic carbocycles. The smallest absolute Gasteiger partial charge is 0.131 e. The van der Waals surface area contributed by atoms with E-state index in [1.807, 2.05) is 62.5 Å². The zero-order valence-electron chi connectivity index (χ0n) is 18.6. The minimum absolute atomic E-state index is 0. The first-order valence-corrected chi connectivity index (χ1v) is 10.4. The van der Waals surface area contributed by atoms with Gasteiger partial charge in [0.15, 0.2) is 0 Å². The molecule has 0 amide bonds. The van der Waals surface area contributed by atoms with Crippen LogP contribution in [-0.2, 0) is 6.54 Å². The maximum atomic E-state index is 15.1. The van der Waals surface area contributed by atoms with Crippen LogP contribution in [0, 0.1) is 19.7 Å². The van der Waals surface area contributed by atoms with E-state index in [2.05, 4.69) is 25.2 Å². The Morgan fingerprint density at radius 1 is 0.879 bits per heavy atom. The summed E-state index contributed by atoms with van der Waals surface area (Å²) < 4.78 is 15.1. The van der Waals surface area contributed by atoms with Crippen LogP contribution in [-0.4, -0.2) is 15.0 Å². The number of nitrogens with one attached hydrogen (secondary N) is 1. The van der Waals surface area contributed by atoms with Gasteiger partial charge in [0.05, 0.1) is 23.3 Å². The van der Waals surface area contributed by atoms with Crippen LogP contribution in [0.2, 0.25) is 0 Å². The van der Waals surface area contributed by atoms with Gasteiger partial charge in [-0.2, -0.15) is 0 Å². The summed E-state index contributed by atoms with van der Waals surface area (Å²) in [7, 11) is 0. The second kappa shape index (κ2) is 9.18. The molecule has 166 valence electrons. The highest BCUT2D eigenvalue weighted by Gasteiger charge is 2.22. The molecular formula is C26H25FN6. The summed E-state index contributed by atoms with van der Waals surface area (Å²) in [6.45, 7) is 4.39. The van der Waals surface area contributed by atoms with Crippen molar-refractivity contribution in [3.8, 4) is 11.1 Å². The topological polar surface area (TPSA) is 88.9 Å². The lowest BCUT2D eigenvalue weighted by molar-refractivity contribution is 0.629. The SMILES string of the molecule is Cc1cc(C2=CNc3cnccc3N2Cc2ccc(-c3ccnc(C)c3)c(F)c2)ccn1.N. The van der Waals surface area contributed by atoms with Gasteiger partial charge in [-0.3, -0.25) is 15.0 Å². The van der Waals surface area contributed by atoms with Gasteiger partial charge in [0, 0.05) is 53.9 Å². The fourth-order valence-corrected chi connectivity index (χ4v) is 3.99. The highest BCUT2D eigenvalue weighted by atomic mass is 19.1. The van der Waals surface area contributed by atoms with E-state index in [-0.39, 0.29) is 12.0 Å². The van der Waals surface area contributed by atoms with Gasteiger partial charge in [-0.25, -0.2) is 4.39 Å². The van der Waals surface area contributed by atoms with Crippen molar-refractivity contribution in [1.29, 1.82) is 0 Å². The first kappa shape index (κ1) is 22.1. The molecule has 0 fully saturated rings. The molecule has 0 radical (unpaired) electrons. The summed E-state index contributed by atoms with van der Waals surface area (Å²) in [6.07, 6.45) is 9.03. The number of aryl methyl sites for hydroxylation is 2. The number of aromatic nitrogens is 3. The summed E-state index contributed by atoms with van der Waals surface area (Å²) >= 11 is 0. The lowest BCUT2D eigenvalue weighted by Crippen LogP contribution is -2.26. The zero-order valence-corrected chi connectivity index (χ0v) is 18.6. The lowest BCUT2D eigenvalue weighted by Gasteiger charge is -2.33. The van der Waals surface area contributed by atoms with Crippen LogP contribution in [0.4, 0.5) is 15.8 Å². The predicted molar refractivity (Wildman–Crippen MR) is 130 cm³/mol. The van der Waals surface area contributed by atoms with E-state index in [1.165, 1.54) is 0 Å². The molecule has 5 rings (SSSR count). The number of hydrogen-bond acceptors (Lipinski definition) is 6. The Morgan fingerprint density at radius 3 is 2.33 bits per heavy atom. The van der Waals surface area contributed by atoms with Crippen molar-refractivity contribution in [2.75, 3.05) is 10.2 Å². The molecule has 0 spiro atoms. The van der Waals surface area contributed by atoms with Crippen molar-refractivity contribution < 1.29 is 4.39 Å². The van der Waals surface area contributed by atoms with Gasteiger partial charge in [-0.1, -0.05) is 12.1 Å². The Hall–Kier alpha value is -4.10. The van der Waals surface area contributed by atoms with E-state index in [0.717, 1.165) is 45.2 Å². The summed E-state index contributed by atoms with van der Waals surface area (Å²) in [4.78, 5) is 14.9. The molecule has 4 N–H and O–H groups in total. The van der Waals surface area contributed by atoms with Gasteiger partial charge >= 0.3 is 0 Å². The molecule has 33 heavy (non-hydrogen) atoms. The number of pyridine rings is 3. The highest BCUT2D eigenvalue weighted by molar-refractivity contribution is 5.89. The fraction of sp³-hybridized carbons (Fsp3) is 0.115. The largest absolute Gasteiger partial charge is 0.357 e. The minimum Gasteiger partial charge on any atom is -0.357 e. The Kier molecular flexibility index (Phi) is 6.15. The van der Waals surface area contributed by atoms with Crippen molar-refractivity contribution in [2.24, 2.45) is 0 Å². The molecule has 0 unspecified atom stereocenters. The monoisotopic (exact) mass is 440 g/mol. The molecule has 7 heteroatoms. The molecule has 6 nitrogen and oxygen atoms in total. The van der Waals surface area contributed by atoms with E-state index in [4.69, 9.17) is 0 Å². The number of halogens is 1. The molecule has 0 atom stereocenters. The number of fused-ring (bicyclic) bond motifs is 1. The maximum absolute atomic E-state index is 15.1. The van der Waals surface area contributed by atoms with E-state index in [9.17, 15) is 0 Å². The van der Waals surface area contributed by atoms with Crippen LogP contribution >= 0.6 is 0 Å². The van der Waals surface area contributed by atoms with Crippen LogP contribution in [0.5, 0.6) is 0 Å². The molecule has 0 saturated carbocycles. The first-order chi connectivity index (χ1) is 15.6. The average Bonchev–Trinajstić information content (AvgIpc) is 2.79. The quantitative estimate of drug-likeness (QED) is 0.411. The lowest BCUT2D eigenvalue weighted by atomic mass is 10.0. The third-order valence-corrected chi connectivity index (χ3v) is 5.52. The second-order valence-electron chi connectivity index (χ2n) is 7.84. The van der Waals surface area contributed by atoms with Gasteiger partial charge in [0.2, 0.25) is 0 Å². The summed E-state index contributed by atoms with van der Waals surface area (Å²) in [6, 6.07) is 15.2. The van der Waals surface area contributed by atoms with E-state index < -0.39 is 0 Å². The Labute approximate surface area is 192 Å². The minimum atomic E-state index is -0.247. The summed E-state index contributed by atoms with van der Waals surface area (Å²) in [5.41, 5.74) is 8.00. The molecule has 3 aromatic heterocycles. The molecule has 0 saturated heterocycles.